The van der Waals surface area contributed by atoms with Gasteiger partial charge in [-0.25, -0.2) is 4.79 Å². The van der Waals surface area contributed by atoms with E-state index < -0.39 is 5.63 Å². The van der Waals surface area contributed by atoms with Gasteiger partial charge >= 0.3 is 5.63 Å². The van der Waals surface area contributed by atoms with Crippen LogP contribution in [-0.4, -0.2) is 6.61 Å². The fourth-order valence-corrected chi connectivity index (χ4v) is 2.31. The van der Waals surface area contributed by atoms with Crippen molar-refractivity contribution in [2.24, 2.45) is 0 Å². The van der Waals surface area contributed by atoms with Gasteiger partial charge < -0.3 is 9.15 Å². The SMILES string of the molecule is C=C(Cl)COc1ccc2c(-c3ccccc3)cc(=O)oc2c1. The third-order valence-corrected chi connectivity index (χ3v) is 3.31. The quantitative estimate of drug-likeness (QED) is 0.661. The second-order valence-electron chi connectivity index (χ2n) is 4.81. The fourth-order valence-electron chi connectivity index (χ4n) is 2.25. The Balaban J connectivity index is 2.11. The second-order valence-corrected chi connectivity index (χ2v) is 5.34. The Morgan fingerprint density at radius 2 is 1.91 bits per heavy atom. The molecule has 3 aromatic rings. The zero-order valence-electron chi connectivity index (χ0n) is 11.7. The van der Waals surface area contributed by atoms with Gasteiger partial charge in [-0.1, -0.05) is 48.5 Å². The minimum atomic E-state index is -0.398. The van der Waals surface area contributed by atoms with Crippen LogP contribution < -0.4 is 10.4 Å². The van der Waals surface area contributed by atoms with Crippen molar-refractivity contribution in [2.45, 2.75) is 0 Å². The number of halogens is 1. The van der Waals surface area contributed by atoms with Crippen LogP contribution in [0.4, 0.5) is 0 Å². The van der Waals surface area contributed by atoms with Crippen LogP contribution in [0.2, 0.25) is 0 Å². The average molecular weight is 313 g/mol. The molecule has 0 saturated heterocycles. The number of rotatable bonds is 4. The molecule has 0 saturated carbocycles. The van der Waals surface area contributed by atoms with E-state index in [1.807, 2.05) is 42.5 Å². The molecule has 2 aromatic carbocycles. The molecule has 0 unspecified atom stereocenters. The van der Waals surface area contributed by atoms with Crippen molar-refractivity contribution in [3.05, 3.63) is 76.6 Å². The third-order valence-electron chi connectivity index (χ3n) is 3.20. The molecule has 0 spiro atoms. The smallest absolute Gasteiger partial charge is 0.336 e. The Bertz CT molecular complexity index is 882. The Morgan fingerprint density at radius 3 is 2.64 bits per heavy atom. The molecule has 4 heteroatoms. The van der Waals surface area contributed by atoms with Crippen molar-refractivity contribution in [3.63, 3.8) is 0 Å². The van der Waals surface area contributed by atoms with E-state index >= 15 is 0 Å². The van der Waals surface area contributed by atoms with Crippen molar-refractivity contribution in [1.82, 2.24) is 0 Å². The summed E-state index contributed by atoms with van der Waals surface area (Å²) in [6, 6.07) is 16.6. The van der Waals surface area contributed by atoms with Crippen LogP contribution in [0.1, 0.15) is 0 Å². The lowest BCUT2D eigenvalue weighted by atomic mass is 10.0. The molecular weight excluding hydrogens is 300 g/mol. The molecule has 0 aliphatic heterocycles. The molecule has 0 bridgehead atoms. The Labute approximate surface area is 132 Å². The van der Waals surface area contributed by atoms with Gasteiger partial charge in [0.25, 0.3) is 0 Å². The van der Waals surface area contributed by atoms with Gasteiger partial charge in [0.2, 0.25) is 0 Å². The molecule has 0 fully saturated rings. The number of fused-ring (bicyclic) bond motifs is 1. The van der Waals surface area contributed by atoms with E-state index in [4.69, 9.17) is 20.8 Å². The first-order chi connectivity index (χ1) is 10.6. The van der Waals surface area contributed by atoms with Gasteiger partial charge in [-0.3, -0.25) is 0 Å². The number of benzene rings is 2. The van der Waals surface area contributed by atoms with Crippen molar-refractivity contribution >= 4 is 22.6 Å². The monoisotopic (exact) mass is 312 g/mol. The normalized spacial score (nSPS) is 10.6. The Hall–Kier alpha value is -2.52. The molecule has 1 aromatic heterocycles. The van der Waals surface area contributed by atoms with E-state index in [9.17, 15) is 4.79 Å². The maximum Gasteiger partial charge on any atom is 0.336 e. The Kier molecular flexibility index (Phi) is 3.98. The number of ether oxygens (including phenoxy) is 1. The zero-order valence-corrected chi connectivity index (χ0v) is 12.5. The molecule has 0 radical (unpaired) electrons. The molecule has 0 aliphatic carbocycles. The van der Waals surface area contributed by atoms with E-state index in [1.165, 1.54) is 6.07 Å². The van der Waals surface area contributed by atoms with Crippen LogP contribution in [0.15, 0.2) is 75.4 Å². The lowest BCUT2D eigenvalue weighted by Gasteiger charge is -2.08. The van der Waals surface area contributed by atoms with Gasteiger partial charge in [0.05, 0.1) is 0 Å². The average Bonchev–Trinajstić information content (AvgIpc) is 2.52. The molecule has 3 nitrogen and oxygen atoms in total. The molecule has 0 atom stereocenters. The van der Waals surface area contributed by atoms with Crippen LogP contribution in [0, 0.1) is 0 Å². The van der Waals surface area contributed by atoms with E-state index in [-0.39, 0.29) is 6.61 Å². The van der Waals surface area contributed by atoms with Crippen molar-refractivity contribution in [1.29, 1.82) is 0 Å². The molecule has 0 N–H and O–H groups in total. The van der Waals surface area contributed by atoms with Crippen molar-refractivity contribution < 1.29 is 9.15 Å². The molecule has 0 amide bonds. The summed E-state index contributed by atoms with van der Waals surface area (Å²) in [7, 11) is 0. The molecule has 110 valence electrons. The Morgan fingerprint density at radius 1 is 1.14 bits per heavy atom. The highest BCUT2D eigenvalue weighted by Crippen LogP contribution is 2.29. The molecule has 0 aliphatic rings. The zero-order chi connectivity index (χ0) is 15.5. The van der Waals surface area contributed by atoms with Gasteiger partial charge in [0, 0.05) is 22.6 Å². The van der Waals surface area contributed by atoms with E-state index in [0.717, 1.165) is 16.5 Å². The van der Waals surface area contributed by atoms with Crippen LogP contribution in [0.3, 0.4) is 0 Å². The van der Waals surface area contributed by atoms with Gasteiger partial charge in [-0.15, -0.1) is 0 Å². The predicted molar refractivity (Wildman–Crippen MR) is 88.4 cm³/mol. The highest BCUT2D eigenvalue weighted by atomic mass is 35.5. The van der Waals surface area contributed by atoms with Crippen LogP contribution in [0.25, 0.3) is 22.1 Å². The first kappa shape index (κ1) is 14.4. The molecule has 22 heavy (non-hydrogen) atoms. The van der Waals surface area contributed by atoms with Crippen LogP contribution in [0.5, 0.6) is 5.75 Å². The molecule has 3 rings (SSSR count). The summed E-state index contributed by atoms with van der Waals surface area (Å²) in [5.41, 5.74) is 1.87. The lowest BCUT2D eigenvalue weighted by Crippen LogP contribution is -2.00. The maximum atomic E-state index is 11.8. The predicted octanol–water partition coefficient (Wildman–Crippen LogP) is 4.59. The standard InChI is InChI=1S/C18H13ClO3/c1-12(19)11-21-14-7-8-15-16(13-5-3-2-4-6-13)10-18(20)22-17(15)9-14/h2-10H,1,11H2. The van der Waals surface area contributed by atoms with E-state index in [0.29, 0.717) is 16.4 Å². The fraction of sp³-hybridized carbons (Fsp3) is 0.0556. The summed E-state index contributed by atoms with van der Waals surface area (Å²) >= 11 is 5.68. The molecular formula is C18H13ClO3. The summed E-state index contributed by atoms with van der Waals surface area (Å²) in [4.78, 5) is 11.8. The van der Waals surface area contributed by atoms with Crippen LogP contribution in [-0.2, 0) is 0 Å². The molecule has 1 heterocycles. The highest BCUT2D eigenvalue weighted by Gasteiger charge is 2.09. The minimum Gasteiger partial charge on any atom is -0.488 e. The largest absolute Gasteiger partial charge is 0.488 e. The summed E-state index contributed by atoms with van der Waals surface area (Å²) in [6.07, 6.45) is 0. The topological polar surface area (TPSA) is 39.4 Å². The minimum absolute atomic E-state index is 0.204. The van der Waals surface area contributed by atoms with Gasteiger partial charge in [0.1, 0.15) is 17.9 Å². The van der Waals surface area contributed by atoms with Gasteiger partial charge in [-0.2, -0.15) is 0 Å². The lowest BCUT2D eigenvalue weighted by molar-refractivity contribution is 0.359. The maximum absolute atomic E-state index is 11.8. The van der Waals surface area contributed by atoms with Crippen LogP contribution >= 0.6 is 11.6 Å². The van der Waals surface area contributed by atoms with Gasteiger partial charge in [0.15, 0.2) is 0 Å². The van der Waals surface area contributed by atoms with Crippen molar-refractivity contribution in [3.8, 4) is 16.9 Å². The summed E-state index contributed by atoms with van der Waals surface area (Å²) in [5, 5.41) is 1.25. The number of hydrogen-bond acceptors (Lipinski definition) is 3. The van der Waals surface area contributed by atoms with E-state index in [1.54, 1.807) is 6.07 Å². The third kappa shape index (κ3) is 3.05. The first-order valence-corrected chi connectivity index (χ1v) is 7.11. The summed E-state index contributed by atoms with van der Waals surface area (Å²) in [6.45, 7) is 3.77. The highest BCUT2D eigenvalue weighted by molar-refractivity contribution is 6.29. The number of hydrogen-bond donors (Lipinski definition) is 0. The summed E-state index contributed by atoms with van der Waals surface area (Å²) in [5.74, 6) is 0.572. The van der Waals surface area contributed by atoms with Crippen molar-refractivity contribution in [2.75, 3.05) is 6.61 Å². The summed E-state index contributed by atoms with van der Waals surface area (Å²) < 4.78 is 10.7. The first-order valence-electron chi connectivity index (χ1n) is 6.73. The second kappa shape index (κ2) is 6.08. The van der Waals surface area contributed by atoms with Gasteiger partial charge in [-0.05, 0) is 23.3 Å². The van der Waals surface area contributed by atoms with E-state index in [2.05, 4.69) is 6.58 Å².